The fourth-order valence-corrected chi connectivity index (χ4v) is 1.89. The summed E-state index contributed by atoms with van der Waals surface area (Å²) in [6.45, 7) is 14.1. The van der Waals surface area contributed by atoms with E-state index in [1.54, 1.807) is 0 Å². The van der Waals surface area contributed by atoms with Gasteiger partial charge in [0.2, 0.25) is 0 Å². The largest absolute Gasteiger partial charge is 0.463 e. The van der Waals surface area contributed by atoms with Crippen molar-refractivity contribution >= 4 is 5.97 Å². The average molecular weight is 300 g/mol. The van der Waals surface area contributed by atoms with Crippen LogP contribution in [0.15, 0.2) is 12.7 Å². The molecule has 1 saturated heterocycles. The molecule has 0 saturated carbocycles. The summed E-state index contributed by atoms with van der Waals surface area (Å²) in [5.41, 5.74) is 0. The molecule has 1 unspecified atom stereocenters. The Hall–Kier alpha value is -0.870. The summed E-state index contributed by atoms with van der Waals surface area (Å²) >= 11 is 0. The van der Waals surface area contributed by atoms with E-state index in [1.165, 1.54) is 0 Å². The molecule has 4 heteroatoms. The van der Waals surface area contributed by atoms with Crippen LogP contribution < -0.4 is 0 Å². The van der Waals surface area contributed by atoms with Crippen LogP contribution in [0, 0.1) is 0 Å². The van der Waals surface area contributed by atoms with E-state index >= 15 is 0 Å². The SMILES string of the molecule is C=CC1CCOC(C)(C)O1.CCCCCC(=O)OC(C)C. The van der Waals surface area contributed by atoms with Crippen LogP contribution in [0.1, 0.15) is 66.7 Å². The molecule has 0 amide bonds. The summed E-state index contributed by atoms with van der Waals surface area (Å²) in [6, 6.07) is 0. The Labute approximate surface area is 129 Å². The van der Waals surface area contributed by atoms with Crippen LogP contribution in [0.3, 0.4) is 0 Å². The lowest BCUT2D eigenvalue weighted by molar-refractivity contribution is -0.262. The molecule has 0 aromatic carbocycles. The predicted molar refractivity (Wildman–Crippen MR) is 85.1 cm³/mol. The third kappa shape index (κ3) is 11.5. The molecule has 1 atom stereocenters. The minimum atomic E-state index is -0.420. The molecule has 0 radical (unpaired) electrons. The molecule has 0 aromatic heterocycles. The van der Waals surface area contributed by atoms with Crippen LogP contribution in [0.25, 0.3) is 0 Å². The molecule has 4 nitrogen and oxygen atoms in total. The topological polar surface area (TPSA) is 44.8 Å². The van der Waals surface area contributed by atoms with Gasteiger partial charge in [-0.15, -0.1) is 6.58 Å². The minimum absolute atomic E-state index is 0.0316. The first-order chi connectivity index (χ1) is 9.80. The molecule has 1 heterocycles. The molecule has 0 bridgehead atoms. The maximum atomic E-state index is 10.9. The zero-order valence-electron chi connectivity index (χ0n) is 14.3. The normalized spacial score (nSPS) is 20.4. The Morgan fingerprint density at radius 1 is 1.43 bits per heavy atom. The third-order valence-corrected chi connectivity index (χ3v) is 2.90. The van der Waals surface area contributed by atoms with Crippen molar-refractivity contribution in [1.82, 2.24) is 0 Å². The fraction of sp³-hybridized carbons (Fsp3) is 0.824. The lowest BCUT2D eigenvalue weighted by atomic mass is 10.2. The Kier molecular flexibility index (Phi) is 10.4. The van der Waals surface area contributed by atoms with E-state index in [9.17, 15) is 4.79 Å². The van der Waals surface area contributed by atoms with Crippen molar-refractivity contribution in [2.75, 3.05) is 6.61 Å². The number of carbonyl (C=O) groups excluding carboxylic acids is 1. The number of rotatable bonds is 6. The Balaban J connectivity index is 0.000000382. The minimum Gasteiger partial charge on any atom is -0.463 e. The van der Waals surface area contributed by atoms with Gasteiger partial charge in [0.1, 0.15) is 0 Å². The monoisotopic (exact) mass is 300 g/mol. The lowest BCUT2D eigenvalue weighted by Gasteiger charge is -2.34. The van der Waals surface area contributed by atoms with Crippen molar-refractivity contribution in [3.8, 4) is 0 Å². The summed E-state index contributed by atoms with van der Waals surface area (Å²) in [6.07, 6.45) is 6.75. The third-order valence-electron chi connectivity index (χ3n) is 2.90. The van der Waals surface area contributed by atoms with Gasteiger partial charge in [-0.1, -0.05) is 25.8 Å². The Morgan fingerprint density at radius 3 is 2.52 bits per heavy atom. The zero-order chi connectivity index (χ0) is 16.3. The second-order valence-corrected chi connectivity index (χ2v) is 5.92. The molecule has 0 spiro atoms. The summed E-state index contributed by atoms with van der Waals surface area (Å²) in [5.74, 6) is -0.481. The number of hydrogen-bond acceptors (Lipinski definition) is 4. The van der Waals surface area contributed by atoms with Gasteiger partial charge >= 0.3 is 5.97 Å². The first kappa shape index (κ1) is 20.1. The van der Waals surface area contributed by atoms with Crippen molar-refractivity contribution < 1.29 is 19.0 Å². The van der Waals surface area contributed by atoms with Crippen LogP contribution in [-0.4, -0.2) is 30.6 Å². The summed E-state index contributed by atoms with van der Waals surface area (Å²) in [7, 11) is 0. The summed E-state index contributed by atoms with van der Waals surface area (Å²) in [5, 5.41) is 0. The van der Waals surface area contributed by atoms with Crippen LogP contribution in [0.2, 0.25) is 0 Å². The maximum absolute atomic E-state index is 10.9. The van der Waals surface area contributed by atoms with Gasteiger partial charge in [-0.2, -0.15) is 0 Å². The predicted octanol–water partition coefficient (Wildman–Crippen LogP) is 4.23. The number of unbranched alkanes of at least 4 members (excludes halogenated alkanes) is 2. The second kappa shape index (κ2) is 10.8. The van der Waals surface area contributed by atoms with Crippen molar-refractivity contribution in [3.05, 3.63) is 12.7 Å². The smallest absolute Gasteiger partial charge is 0.306 e. The molecule has 0 aliphatic carbocycles. The molecule has 21 heavy (non-hydrogen) atoms. The van der Waals surface area contributed by atoms with Crippen molar-refractivity contribution in [3.63, 3.8) is 0 Å². The highest BCUT2D eigenvalue weighted by atomic mass is 16.7. The van der Waals surface area contributed by atoms with Crippen LogP contribution in [0.5, 0.6) is 0 Å². The molecule has 1 aliphatic rings. The first-order valence-electron chi connectivity index (χ1n) is 7.94. The van der Waals surface area contributed by atoms with Gasteiger partial charge in [0.05, 0.1) is 18.8 Å². The van der Waals surface area contributed by atoms with Gasteiger partial charge in [-0.25, -0.2) is 0 Å². The Bertz CT molecular complexity index is 297. The van der Waals surface area contributed by atoms with E-state index in [4.69, 9.17) is 14.2 Å². The fourth-order valence-electron chi connectivity index (χ4n) is 1.89. The van der Waals surface area contributed by atoms with Crippen molar-refractivity contribution in [1.29, 1.82) is 0 Å². The van der Waals surface area contributed by atoms with Crippen LogP contribution in [-0.2, 0) is 19.0 Å². The van der Waals surface area contributed by atoms with Crippen LogP contribution >= 0.6 is 0 Å². The standard InChI is InChI=1S/C9H18O2.C8H14O2/c1-4-5-6-7-9(10)11-8(2)3;1-4-7-5-6-9-8(2,3)10-7/h8H,4-7H2,1-3H3;4,7H,1,5-6H2,2-3H3. The first-order valence-corrected chi connectivity index (χ1v) is 7.94. The maximum Gasteiger partial charge on any atom is 0.306 e. The van der Waals surface area contributed by atoms with Crippen molar-refractivity contribution in [2.45, 2.75) is 84.7 Å². The molecule has 1 fully saturated rings. The van der Waals surface area contributed by atoms with E-state index in [-0.39, 0.29) is 18.2 Å². The van der Waals surface area contributed by atoms with Gasteiger partial charge < -0.3 is 14.2 Å². The molecule has 0 N–H and O–H groups in total. The van der Waals surface area contributed by atoms with E-state index in [0.717, 1.165) is 32.3 Å². The average Bonchev–Trinajstić information content (AvgIpc) is 2.37. The van der Waals surface area contributed by atoms with Crippen LogP contribution in [0.4, 0.5) is 0 Å². The number of ether oxygens (including phenoxy) is 3. The highest BCUT2D eigenvalue weighted by Crippen LogP contribution is 2.21. The van der Waals surface area contributed by atoms with Gasteiger partial charge in [0, 0.05) is 12.8 Å². The van der Waals surface area contributed by atoms with Crippen molar-refractivity contribution in [2.24, 2.45) is 0 Å². The van der Waals surface area contributed by atoms with Gasteiger partial charge in [0.25, 0.3) is 0 Å². The molecule has 1 rings (SSSR count). The molecule has 124 valence electrons. The Morgan fingerprint density at radius 2 is 2.10 bits per heavy atom. The van der Waals surface area contributed by atoms with E-state index in [2.05, 4.69) is 13.5 Å². The zero-order valence-corrected chi connectivity index (χ0v) is 14.3. The van der Waals surface area contributed by atoms with Gasteiger partial charge in [-0.05, 0) is 34.1 Å². The lowest BCUT2D eigenvalue weighted by Crippen LogP contribution is -2.38. The molecular formula is C17H32O4. The van der Waals surface area contributed by atoms with E-state index < -0.39 is 5.79 Å². The second-order valence-electron chi connectivity index (χ2n) is 5.92. The molecular weight excluding hydrogens is 268 g/mol. The molecule has 0 aromatic rings. The quantitative estimate of drug-likeness (QED) is 0.418. The number of hydrogen-bond donors (Lipinski definition) is 0. The summed E-state index contributed by atoms with van der Waals surface area (Å²) < 4.78 is 15.8. The van der Waals surface area contributed by atoms with Gasteiger partial charge in [0.15, 0.2) is 5.79 Å². The highest BCUT2D eigenvalue weighted by molar-refractivity contribution is 5.69. The highest BCUT2D eigenvalue weighted by Gasteiger charge is 2.27. The summed E-state index contributed by atoms with van der Waals surface area (Å²) in [4.78, 5) is 10.9. The van der Waals surface area contributed by atoms with E-state index in [0.29, 0.717) is 6.42 Å². The number of carbonyl (C=O) groups is 1. The molecule has 1 aliphatic heterocycles. The number of esters is 1. The van der Waals surface area contributed by atoms with Gasteiger partial charge in [-0.3, -0.25) is 4.79 Å². The van der Waals surface area contributed by atoms with E-state index in [1.807, 2.05) is 33.8 Å².